The number of nitrogens with zero attached hydrogens (tertiary/aromatic N) is 2. The second-order valence-electron chi connectivity index (χ2n) is 3.65. The van der Waals surface area contributed by atoms with E-state index in [1.54, 1.807) is 0 Å². The van der Waals surface area contributed by atoms with Gasteiger partial charge in [0.2, 0.25) is 5.88 Å². The normalized spacial score (nSPS) is 23.3. The highest BCUT2D eigenvalue weighted by molar-refractivity contribution is 5.08. The van der Waals surface area contributed by atoms with E-state index in [1.165, 1.54) is 16.8 Å². The van der Waals surface area contributed by atoms with Crippen molar-refractivity contribution in [3.63, 3.8) is 0 Å². The Labute approximate surface area is 97.8 Å². The lowest BCUT2D eigenvalue weighted by Crippen LogP contribution is -2.27. The molecule has 2 unspecified atom stereocenters. The second-order valence-corrected chi connectivity index (χ2v) is 3.65. The zero-order chi connectivity index (χ0) is 12.3. The van der Waals surface area contributed by atoms with Gasteiger partial charge in [-0.3, -0.25) is 4.57 Å². The predicted molar refractivity (Wildman–Crippen MR) is 58.2 cm³/mol. The summed E-state index contributed by atoms with van der Waals surface area (Å²) in [7, 11) is 0. The van der Waals surface area contributed by atoms with Gasteiger partial charge in [0.25, 0.3) is 0 Å². The summed E-state index contributed by atoms with van der Waals surface area (Å²) in [6.45, 7) is -0.0447. The van der Waals surface area contributed by atoms with E-state index in [4.69, 9.17) is 16.3 Å². The Morgan fingerprint density at radius 1 is 1.71 bits per heavy atom. The lowest BCUT2D eigenvalue weighted by molar-refractivity contribution is -0.0246. The number of aliphatic hydroxyl groups excluding tert-OH is 1. The quantitative estimate of drug-likeness (QED) is 0.741. The van der Waals surface area contributed by atoms with Gasteiger partial charge in [-0.2, -0.15) is 4.98 Å². The fraction of sp³-hybridized carbons (Fsp3) is 0.455. The van der Waals surface area contributed by atoms with Crippen LogP contribution in [0.15, 0.2) is 17.1 Å². The molecule has 0 spiro atoms. The molecule has 1 aliphatic heterocycles. The van der Waals surface area contributed by atoms with Crippen molar-refractivity contribution in [2.75, 3.05) is 6.61 Å². The fourth-order valence-electron chi connectivity index (χ4n) is 1.76. The molecule has 0 aliphatic carbocycles. The van der Waals surface area contributed by atoms with E-state index in [1.807, 2.05) is 6.11 Å². The Morgan fingerprint density at radius 2 is 2.53 bits per heavy atom. The summed E-state index contributed by atoms with van der Waals surface area (Å²) in [6, 6.07) is 1.50. The van der Waals surface area contributed by atoms with Crippen LogP contribution in [-0.4, -0.2) is 27.4 Å². The minimum absolute atomic E-state index is 0.0447. The van der Waals surface area contributed by atoms with Crippen LogP contribution in [0, 0.1) is 12.5 Å². The van der Waals surface area contributed by atoms with E-state index in [0.29, 0.717) is 6.42 Å². The van der Waals surface area contributed by atoms with Crippen molar-refractivity contribution in [2.45, 2.75) is 25.2 Å². The number of terminal acetylenes is 1. The van der Waals surface area contributed by atoms with Gasteiger partial charge >= 0.3 is 5.69 Å². The third-order valence-electron chi connectivity index (χ3n) is 2.57. The van der Waals surface area contributed by atoms with Crippen LogP contribution in [0.5, 0.6) is 5.88 Å². The van der Waals surface area contributed by atoms with Crippen LogP contribution in [0.1, 0.15) is 19.1 Å². The van der Waals surface area contributed by atoms with E-state index < -0.39 is 5.69 Å². The van der Waals surface area contributed by atoms with Gasteiger partial charge in [0.05, 0.1) is 12.7 Å². The summed E-state index contributed by atoms with van der Waals surface area (Å²) in [5, 5.41) is 8.94. The predicted octanol–water partition coefficient (Wildman–Crippen LogP) is -0.117. The lowest BCUT2D eigenvalue weighted by atomic mass is 10.2. The first kappa shape index (κ1) is 11.6. The highest BCUT2D eigenvalue weighted by Gasteiger charge is 2.26. The minimum Gasteiger partial charge on any atom is -0.394 e. The summed E-state index contributed by atoms with van der Waals surface area (Å²) in [5.41, 5.74) is -0.485. The highest BCUT2D eigenvalue weighted by atomic mass is 16.5. The van der Waals surface area contributed by atoms with Crippen molar-refractivity contribution < 1.29 is 14.6 Å². The van der Waals surface area contributed by atoms with Crippen molar-refractivity contribution in [3.05, 3.63) is 22.7 Å². The van der Waals surface area contributed by atoms with Crippen LogP contribution >= 0.6 is 0 Å². The fourth-order valence-corrected chi connectivity index (χ4v) is 1.76. The molecule has 2 rings (SSSR count). The zero-order valence-electron chi connectivity index (χ0n) is 9.07. The first-order valence-corrected chi connectivity index (χ1v) is 5.22. The molecule has 1 saturated heterocycles. The summed E-state index contributed by atoms with van der Waals surface area (Å²) in [5.74, 6) is 0.0884. The minimum atomic E-state index is -0.485. The molecule has 1 aliphatic rings. The Kier molecular flexibility index (Phi) is 3.42. The van der Waals surface area contributed by atoms with E-state index in [0.717, 1.165) is 6.42 Å². The number of rotatable bonds is 3. The molecular weight excluding hydrogens is 224 g/mol. The lowest BCUT2D eigenvalue weighted by Gasteiger charge is -2.14. The molecule has 2 heterocycles. The van der Waals surface area contributed by atoms with Gasteiger partial charge in [-0.25, -0.2) is 4.79 Å². The van der Waals surface area contributed by atoms with Crippen LogP contribution in [0.3, 0.4) is 0 Å². The highest BCUT2D eigenvalue weighted by Crippen LogP contribution is 2.26. The third kappa shape index (κ3) is 2.46. The van der Waals surface area contributed by atoms with Crippen LogP contribution in [0.4, 0.5) is 0 Å². The SMILES string of the molecule is C#COc1ccn(C2CCC(CO)O2)c(=O)n1. The maximum absolute atomic E-state index is 11.7. The van der Waals surface area contributed by atoms with Crippen molar-refractivity contribution in [2.24, 2.45) is 0 Å². The maximum atomic E-state index is 11.7. The topological polar surface area (TPSA) is 73.6 Å². The molecule has 0 radical (unpaired) electrons. The summed E-state index contributed by atoms with van der Waals surface area (Å²) >= 11 is 0. The first-order valence-electron chi connectivity index (χ1n) is 5.22. The van der Waals surface area contributed by atoms with Crippen LogP contribution < -0.4 is 10.4 Å². The molecule has 0 bridgehead atoms. The second kappa shape index (κ2) is 4.99. The number of hydrogen-bond acceptors (Lipinski definition) is 5. The molecule has 0 aromatic carbocycles. The Balaban J connectivity index is 2.18. The molecule has 90 valence electrons. The van der Waals surface area contributed by atoms with Gasteiger partial charge in [0, 0.05) is 12.3 Å². The summed E-state index contributed by atoms with van der Waals surface area (Å²) in [6.07, 6.45) is 9.19. The van der Waals surface area contributed by atoms with Gasteiger partial charge < -0.3 is 14.6 Å². The van der Waals surface area contributed by atoms with E-state index >= 15 is 0 Å². The standard InChI is InChI=1S/C11H12N2O4/c1-2-16-9-5-6-13(11(15)12-9)10-4-3-8(7-14)17-10/h1,5-6,8,10,14H,3-4,7H2. The molecule has 0 amide bonds. The Hall–Kier alpha value is -1.84. The third-order valence-corrected chi connectivity index (χ3v) is 2.57. The Bertz CT molecular complexity index is 491. The van der Waals surface area contributed by atoms with Crippen LogP contribution in [0.2, 0.25) is 0 Å². The van der Waals surface area contributed by atoms with Gasteiger partial charge in [0.15, 0.2) is 0 Å². The van der Waals surface area contributed by atoms with Gasteiger partial charge in [-0.15, -0.1) is 0 Å². The van der Waals surface area contributed by atoms with Gasteiger partial charge in [-0.1, -0.05) is 6.42 Å². The largest absolute Gasteiger partial charge is 0.394 e. The maximum Gasteiger partial charge on any atom is 0.353 e. The number of ether oxygens (including phenoxy) is 2. The molecule has 6 nitrogen and oxygen atoms in total. The van der Waals surface area contributed by atoms with Crippen molar-refractivity contribution in [1.29, 1.82) is 0 Å². The molecule has 0 saturated carbocycles. The van der Waals surface area contributed by atoms with E-state index in [-0.39, 0.29) is 24.8 Å². The molecule has 1 fully saturated rings. The van der Waals surface area contributed by atoms with E-state index in [9.17, 15) is 4.79 Å². The molecular formula is C11H12N2O4. The van der Waals surface area contributed by atoms with Crippen molar-refractivity contribution >= 4 is 0 Å². The van der Waals surface area contributed by atoms with Crippen LogP contribution in [0.25, 0.3) is 0 Å². The number of hydrogen-bond donors (Lipinski definition) is 1. The number of aliphatic hydroxyl groups is 1. The smallest absolute Gasteiger partial charge is 0.353 e. The van der Waals surface area contributed by atoms with Crippen molar-refractivity contribution in [1.82, 2.24) is 9.55 Å². The molecule has 17 heavy (non-hydrogen) atoms. The van der Waals surface area contributed by atoms with E-state index in [2.05, 4.69) is 9.72 Å². The van der Waals surface area contributed by atoms with Crippen LogP contribution in [-0.2, 0) is 4.74 Å². The average Bonchev–Trinajstić information content (AvgIpc) is 2.78. The number of aromatic nitrogens is 2. The first-order chi connectivity index (χ1) is 8.24. The average molecular weight is 236 g/mol. The monoisotopic (exact) mass is 236 g/mol. The molecule has 1 aromatic rings. The summed E-state index contributed by atoms with van der Waals surface area (Å²) in [4.78, 5) is 15.3. The van der Waals surface area contributed by atoms with Gasteiger partial charge in [-0.05, 0) is 12.8 Å². The Morgan fingerprint density at radius 3 is 3.12 bits per heavy atom. The molecule has 1 aromatic heterocycles. The molecule has 2 atom stereocenters. The molecule has 1 N–H and O–H groups in total. The van der Waals surface area contributed by atoms with Gasteiger partial charge in [0.1, 0.15) is 12.3 Å². The zero-order valence-corrected chi connectivity index (χ0v) is 9.07. The molecule has 6 heteroatoms. The summed E-state index contributed by atoms with van der Waals surface area (Å²) < 4.78 is 11.5. The van der Waals surface area contributed by atoms with Crippen molar-refractivity contribution in [3.8, 4) is 18.4 Å².